The van der Waals surface area contributed by atoms with E-state index in [-0.39, 0.29) is 34.3 Å². The lowest BCUT2D eigenvalue weighted by atomic mass is 10.1. The van der Waals surface area contributed by atoms with Crippen molar-refractivity contribution in [1.82, 2.24) is 0 Å². The molecule has 0 radical (unpaired) electrons. The van der Waals surface area contributed by atoms with Crippen molar-refractivity contribution in [1.29, 1.82) is 0 Å². The van der Waals surface area contributed by atoms with Crippen LogP contribution < -0.4 is 5.32 Å². The molecule has 0 fully saturated rings. The highest BCUT2D eigenvalue weighted by Gasteiger charge is 2.37. The number of anilines is 1. The lowest BCUT2D eigenvalue weighted by Crippen LogP contribution is -2.41. The highest BCUT2D eigenvalue weighted by Crippen LogP contribution is 2.37. The molecular formula is C18H25ClFNO5Si. The summed E-state index contributed by atoms with van der Waals surface area (Å²) in [4.78, 5) is 21.9. The van der Waals surface area contributed by atoms with Crippen LogP contribution in [0, 0.1) is 5.82 Å². The molecule has 1 rings (SSSR count). The molecule has 0 saturated heterocycles. The van der Waals surface area contributed by atoms with Crippen LogP contribution in [0.25, 0.3) is 0 Å². The Hall–Kier alpha value is -1.90. The maximum atomic E-state index is 14.5. The zero-order valence-electron chi connectivity index (χ0n) is 16.0. The summed E-state index contributed by atoms with van der Waals surface area (Å²) in [5.41, 5.74) is -0.433. The van der Waals surface area contributed by atoms with Crippen LogP contribution in [0.3, 0.4) is 0 Å². The quantitative estimate of drug-likeness (QED) is 0.249. The second kappa shape index (κ2) is 8.86. The van der Waals surface area contributed by atoms with E-state index in [0.717, 1.165) is 6.20 Å². The molecule has 0 amide bonds. The SMILES string of the molecule is CC(C)(C)[Si](C)(C)OCCc1c(NC=C(C(=O)O)C(=O)O)ccc(Cl)c1F. The molecule has 1 aromatic carbocycles. The van der Waals surface area contributed by atoms with E-state index >= 15 is 0 Å². The Bertz CT molecular complexity index is 743. The van der Waals surface area contributed by atoms with Crippen molar-refractivity contribution >= 4 is 37.5 Å². The van der Waals surface area contributed by atoms with Gasteiger partial charge in [0, 0.05) is 24.1 Å². The maximum Gasteiger partial charge on any atom is 0.344 e. The predicted molar refractivity (Wildman–Crippen MR) is 105 cm³/mol. The zero-order chi connectivity index (χ0) is 21.0. The van der Waals surface area contributed by atoms with Gasteiger partial charge in [-0.15, -0.1) is 0 Å². The van der Waals surface area contributed by atoms with Crippen molar-refractivity contribution in [2.24, 2.45) is 0 Å². The van der Waals surface area contributed by atoms with Crippen LogP contribution >= 0.6 is 11.6 Å². The summed E-state index contributed by atoms with van der Waals surface area (Å²) in [6.07, 6.45) is 1.01. The molecule has 0 bridgehead atoms. The molecule has 0 aromatic heterocycles. The first-order valence-electron chi connectivity index (χ1n) is 8.32. The van der Waals surface area contributed by atoms with Gasteiger partial charge >= 0.3 is 11.9 Å². The van der Waals surface area contributed by atoms with Gasteiger partial charge in [0.2, 0.25) is 0 Å². The smallest absolute Gasteiger partial charge is 0.344 e. The summed E-state index contributed by atoms with van der Waals surface area (Å²) >= 11 is 5.85. The number of nitrogens with one attached hydrogen (secondary N) is 1. The number of benzene rings is 1. The number of aliphatic carboxylic acids is 2. The van der Waals surface area contributed by atoms with E-state index in [0.29, 0.717) is 0 Å². The molecule has 0 aliphatic carbocycles. The van der Waals surface area contributed by atoms with Crippen LogP contribution in [0.2, 0.25) is 23.2 Å². The van der Waals surface area contributed by atoms with Gasteiger partial charge in [0.15, 0.2) is 13.9 Å². The molecule has 9 heteroatoms. The van der Waals surface area contributed by atoms with Gasteiger partial charge in [0.05, 0.1) is 5.02 Å². The zero-order valence-corrected chi connectivity index (χ0v) is 17.8. The minimum Gasteiger partial charge on any atom is -0.477 e. The Labute approximate surface area is 164 Å². The maximum absolute atomic E-state index is 14.5. The van der Waals surface area contributed by atoms with E-state index in [1.54, 1.807) is 0 Å². The normalized spacial score (nSPS) is 11.8. The molecule has 27 heavy (non-hydrogen) atoms. The molecule has 0 saturated carbocycles. The molecule has 1 aromatic rings. The van der Waals surface area contributed by atoms with Gasteiger partial charge in [-0.25, -0.2) is 14.0 Å². The number of hydrogen-bond donors (Lipinski definition) is 3. The first kappa shape index (κ1) is 23.1. The van der Waals surface area contributed by atoms with Crippen LogP contribution in [-0.2, 0) is 20.4 Å². The molecule has 0 unspecified atom stereocenters. The molecule has 0 atom stereocenters. The Morgan fingerprint density at radius 1 is 1.26 bits per heavy atom. The van der Waals surface area contributed by atoms with E-state index in [1.807, 2.05) is 0 Å². The monoisotopic (exact) mass is 417 g/mol. The largest absolute Gasteiger partial charge is 0.477 e. The molecule has 0 spiro atoms. The van der Waals surface area contributed by atoms with E-state index in [2.05, 4.69) is 39.2 Å². The number of halogens is 2. The van der Waals surface area contributed by atoms with Crippen LogP contribution in [0.4, 0.5) is 10.1 Å². The second-order valence-electron chi connectivity index (χ2n) is 7.56. The summed E-state index contributed by atoms with van der Waals surface area (Å²) in [6.45, 7) is 10.7. The van der Waals surface area contributed by atoms with Gasteiger partial charge in [-0.1, -0.05) is 32.4 Å². The number of carboxylic acids is 2. The standard InChI is InChI=1S/C18H25ClFNO5Si/c1-18(2,3)27(4,5)26-9-8-11-14(7-6-13(19)15(11)20)21-10-12(16(22)23)17(24)25/h6-7,10,21H,8-9H2,1-5H3,(H,22,23)(H,24,25). The van der Waals surface area contributed by atoms with Gasteiger partial charge in [-0.2, -0.15) is 0 Å². The van der Waals surface area contributed by atoms with E-state index in [9.17, 15) is 14.0 Å². The molecule has 0 aliphatic rings. The van der Waals surface area contributed by atoms with Crippen LogP contribution in [0.1, 0.15) is 26.3 Å². The summed E-state index contributed by atoms with van der Waals surface area (Å²) in [6, 6.07) is 2.78. The lowest BCUT2D eigenvalue weighted by Gasteiger charge is -2.36. The fraction of sp³-hybridized carbons (Fsp3) is 0.444. The molecular weight excluding hydrogens is 393 g/mol. The summed E-state index contributed by atoms with van der Waals surface area (Å²) in [7, 11) is -2.02. The highest BCUT2D eigenvalue weighted by molar-refractivity contribution is 6.74. The van der Waals surface area contributed by atoms with Crippen LogP contribution in [-0.4, -0.2) is 37.1 Å². The fourth-order valence-electron chi connectivity index (χ4n) is 1.96. The summed E-state index contributed by atoms with van der Waals surface area (Å²) in [5, 5.41) is 20.3. The van der Waals surface area contributed by atoms with Crippen LogP contribution in [0.15, 0.2) is 23.9 Å². The van der Waals surface area contributed by atoms with Gasteiger partial charge in [0.1, 0.15) is 5.82 Å². The minimum absolute atomic E-state index is 0.00156. The van der Waals surface area contributed by atoms with Crippen LogP contribution in [0.5, 0.6) is 0 Å². The predicted octanol–water partition coefficient (Wildman–Crippen LogP) is 4.51. The number of carboxylic acid groups (broad SMARTS) is 2. The average molecular weight is 418 g/mol. The van der Waals surface area contributed by atoms with Crippen molar-refractivity contribution in [3.05, 3.63) is 40.3 Å². The third-order valence-corrected chi connectivity index (χ3v) is 9.48. The third-order valence-electron chi connectivity index (χ3n) is 4.65. The highest BCUT2D eigenvalue weighted by atomic mass is 35.5. The van der Waals surface area contributed by atoms with Gasteiger partial charge in [0.25, 0.3) is 0 Å². The molecule has 150 valence electrons. The van der Waals surface area contributed by atoms with Crippen molar-refractivity contribution < 1.29 is 28.6 Å². The van der Waals surface area contributed by atoms with E-state index < -0.39 is 31.6 Å². The van der Waals surface area contributed by atoms with Gasteiger partial charge in [-0.05, 0) is 36.7 Å². The van der Waals surface area contributed by atoms with Gasteiger partial charge in [-0.3, -0.25) is 0 Å². The van der Waals surface area contributed by atoms with Crippen molar-refractivity contribution in [3.8, 4) is 0 Å². The van der Waals surface area contributed by atoms with Crippen molar-refractivity contribution in [3.63, 3.8) is 0 Å². The van der Waals surface area contributed by atoms with Gasteiger partial charge < -0.3 is 20.0 Å². The topological polar surface area (TPSA) is 95.9 Å². The Balaban J connectivity index is 3.06. The number of rotatable bonds is 8. The Morgan fingerprint density at radius 3 is 2.30 bits per heavy atom. The first-order chi connectivity index (χ1) is 12.3. The lowest BCUT2D eigenvalue weighted by molar-refractivity contribution is -0.140. The van der Waals surface area contributed by atoms with E-state index in [4.69, 9.17) is 26.2 Å². The van der Waals surface area contributed by atoms with Crippen molar-refractivity contribution in [2.45, 2.75) is 45.3 Å². The molecule has 0 heterocycles. The second-order valence-corrected chi connectivity index (χ2v) is 12.8. The first-order valence-corrected chi connectivity index (χ1v) is 11.6. The molecule has 0 aliphatic heterocycles. The summed E-state index contributed by atoms with van der Waals surface area (Å²) < 4.78 is 20.5. The number of carbonyl (C=O) groups is 2. The number of hydrogen-bond acceptors (Lipinski definition) is 4. The third kappa shape index (κ3) is 6.05. The Kier molecular flexibility index (Phi) is 7.59. The summed E-state index contributed by atoms with van der Waals surface area (Å²) in [5.74, 6) is -3.86. The van der Waals surface area contributed by atoms with Crippen molar-refractivity contribution in [2.75, 3.05) is 11.9 Å². The molecule has 3 N–H and O–H groups in total. The van der Waals surface area contributed by atoms with E-state index in [1.165, 1.54) is 12.1 Å². The minimum atomic E-state index is -2.02. The average Bonchev–Trinajstić information content (AvgIpc) is 2.51. The fourth-order valence-corrected chi connectivity index (χ4v) is 3.18. The Morgan fingerprint density at radius 2 is 1.81 bits per heavy atom. The molecule has 6 nitrogen and oxygen atoms in total.